The molecule has 0 N–H and O–H groups in total. The average molecular weight is 303 g/mol. The van der Waals surface area contributed by atoms with Gasteiger partial charge in [-0.25, -0.2) is 0 Å². The number of hydrogen-bond donors (Lipinski definition) is 0. The van der Waals surface area contributed by atoms with Gasteiger partial charge in [0.15, 0.2) is 0 Å². The van der Waals surface area contributed by atoms with Gasteiger partial charge in [0.05, 0.1) is 0 Å². The predicted octanol–water partition coefficient (Wildman–Crippen LogP) is 2.52. The van der Waals surface area contributed by atoms with E-state index in [0.717, 1.165) is 16.0 Å². The first kappa shape index (κ1) is 12.9. The topological polar surface area (TPSA) is 6.48 Å². The molecule has 0 aromatic heterocycles. The van der Waals surface area contributed by atoms with E-state index in [4.69, 9.17) is 0 Å². The number of para-hydroxylation sites is 2. The van der Waals surface area contributed by atoms with Crippen molar-refractivity contribution in [3.63, 3.8) is 0 Å². The summed E-state index contributed by atoms with van der Waals surface area (Å²) in [6.07, 6.45) is 0. The summed E-state index contributed by atoms with van der Waals surface area (Å²) in [5.41, 5.74) is 2.32. The van der Waals surface area contributed by atoms with E-state index in [2.05, 4.69) is 63.7 Å². The van der Waals surface area contributed by atoms with Crippen molar-refractivity contribution in [2.24, 2.45) is 0 Å². The summed E-state index contributed by atoms with van der Waals surface area (Å²) < 4.78 is 1.06. The number of rotatable bonds is 4. The third-order valence-electron chi connectivity index (χ3n) is 2.86. The van der Waals surface area contributed by atoms with Gasteiger partial charge >= 0.3 is 116 Å². The fourth-order valence-corrected chi connectivity index (χ4v) is 2.19. The maximum atomic E-state index is 3.14. The molecule has 18 heavy (non-hydrogen) atoms. The fourth-order valence-electron chi connectivity index (χ4n) is 1.75. The van der Waals surface area contributed by atoms with E-state index in [1.54, 1.807) is 0 Å². The van der Waals surface area contributed by atoms with Crippen LogP contribution in [-0.4, -0.2) is 34.3 Å². The Balaban J connectivity index is 2.17. The van der Waals surface area contributed by atoms with Crippen molar-refractivity contribution in [2.45, 2.75) is 0 Å². The Labute approximate surface area is 116 Å². The second-order valence-corrected chi connectivity index (χ2v) is 4.84. The van der Waals surface area contributed by atoms with Gasteiger partial charge in [0.1, 0.15) is 0 Å². The molecule has 0 fully saturated rings. The zero-order chi connectivity index (χ0) is 13.0. The van der Waals surface area contributed by atoms with Crippen molar-refractivity contribution >= 4 is 31.6 Å². The molecule has 92 valence electrons. The summed E-state index contributed by atoms with van der Waals surface area (Å²) in [5.74, 6) is 0. The van der Waals surface area contributed by atoms with E-state index >= 15 is 0 Å². The van der Waals surface area contributed by atoms with Crippen LogP contribution in [0, 0.1) is 0 Å². The molecule has 0 saturated heterocycles. The minimum atomic E-state index is 1.06. The van der Waals surface area contributed by atoms with E-state index in [1.165, 1.54) is 0 Å². The SMILES string of the molecule is CN(C(=[Se])N(C)c1ccccc1)c1ccccc1. The van der Waals surface area contributed by atoms with E-state index in [0.29, 0.717) is 0 Å². The zero-order valence-corrected chi connectivity index (χ0v) is 12.3. The molecule has 0 aliphatic rings. The van der Waals surface area contributed by atoms with Crippen LogP contribution in [0.15, 0.2) is 60.7 Å². The van der Waals surface area contributed by atoms with Crippen molar-refractivity contribution in [1.82, 2.24) is 0 Å². The van der Waals surface area contributed by atoms with Crippen LogP contribution in [0.25, 0.3) is 0 Å². The van der Waals surface area contributed by atoms with Gasteiger partial charge in [0, 0.05) is 0 Å². The number of anilines is 2. The van der Waals surface area contributed by atoms with E-state index in [1.807, 2.05) is 36.4 Å². The Hall–Kier alpha value is -1.57. The molecule has 0 amide bonds. The van der Waals surface area contributed by atoms with Gasteiger partial charge in [-0.05, 0) is 0 Å². The first-order valence-corrected chi connectivity index (χ1v) is 6.67. The normalized spacial score (nSPS) is 9.89. The molecule has 0 aliphatic heterocycles. The molecule has 0 radical (unpaired) electrons. The van der Waals surface area contributed by atoms with Gasteiger partial charge in [-0.2, -0.15) is 0 Å². The summed E-state index contributed by atoms with van der Waals surface area (Å²) in [6, 6.07) is 20.6. The van der Waals surface area contributed by atoms with Crippen LogP contribution in [0.5, 0.6) is 0 Å². The van der Waals surface area contributed by atoms with Crippen molar-refractivity contribution in [3.05, 3.63) is 60.7 Å². The van der Waals surface area contributed by atoms with Crippen molar-refractivity contribution in [3.8, 4) is 0 Å². The van der Waals surface area contributed by atoms with Gasteiger partial charge in [-0.1, -0.05) is 0 Å². The summed E-state index contributed by atoms with van der Waals surface area (Å²) >= 11 is 3.14. The van der Waals surface area contributed by atoms with Crippen LogP contribution < -0.4 is 9.80 Å². The van der Waals surface area contributed by atoms with Crippen LogP contribution in [0.1, 0.15) is 0 Å². The molecule has 0 heterocycles. The first-order chi connectivity index (χ1) is 8.70. The van der Waals surface area contributed by atoms with Crippen LogP contribution in [-0.2, 0) is 0 Å². The Morgan fingerprint density at radius 3 is 1.39 bits per heavy atom. The van der Waals surface area contributed by atoms with Crippen LogP contribution in [0.4, 0.5) is 11.4 Å². The Kier molecular flexibility index (Phi) is 4.19. The molecule has 2 aromatic carbocycles. The zero-order valence-electron chi connectivity index (χ0n) is 10.6. The molecule has 0 atom stereocenters. The molecule has 0 saturated carbocycles. The molecule has 0 unspecified atom stereocenters. The minimum absolute atomic E-state index is 1.06. The van der Waals surface area contributed by atoms with E-state index < -0.39 is 0 Å². The van der Waals surface area contributed by atoms with Crippen molar-refractivity contribution < 1.29 is 0 Å². The van der Waals surface area contributed by atoms with Crippen molar-refractivity contribution in [2.75, 3.05) is 23.9 Å². The third kappa shape index (κ3) is 2.81. The quantitative estimate of drug-likeness (QED) is 0.801. The van der Waals surface area contributed by atoms with Crippen LogP contribution >= 0.6 is 0 Å². The second-order valence-electron chi connectivity index (χ2n) is 4.07. The predicted molar refractivity (Wildman–Crippen MR) is 80.5 cm³/mol. The monoisotopic (exact) mass is 304 g/mol. The fraction of sp³-hybridized carbons (Fsp3) is 0.133. The van der Waals surface area contributed by atoms with Gasteiger partial charge in [-0.3, -0.25) is 0 Å². The molecule has 2 nitrogen and oxygen atoms in total. The summed E-state index contributed by atoms with van der Waals surface area (Å²) in [6.45, 7) is 0. The van der Waals surface area contributed by atoms with Gasteiger partial charge in [0.2, 0.25) is 0 Å². The molecular formula is C15H16N2Se. The van der Waals surface area contributed by atoms with Crippen LogP contribution in [0.3, 0.4) is 0 Å². The van der Waals surface area contributed by atoms with Crippen LogP contribution in [0.2, 0.25) is 0 Å². The molecule has 2 rings (SSSR count). The van der Waals surface area contributed by atoms with Gasteiger partial charge in [-0.15, -0.1) is 0 Å². The molecule has 3 heteroatoms. The summed E-state index contributed by atoms with van der Waals surface area (Å²) in [5, 5.41) is 0. The molecule has 0 spiro atoms. The third-order valence-corrected chi connectivity index (χ3v) is 4.01. The summed E-state index contributed by atoms with van der Waals surface area (Å²) in [7, 11) is 4.11. The average Bonchev–Trinajstić information content (AvgIpc) is 2.47. The summed E-state index contributed by atoms with van der Waals surface area (Å²) in [4.78, 5) is 4.26. The Bertz CT molecular complexity index is 463. The Morgan fingerprint density at radius 1 is 0.722 bits per heavy atom. The van der Waals surface area contributed by atoms with Gasteiger partial charge < -0.3 is 0 Å². The number of benzene rings is 2. The van der Waals surface area contributed by atoms with E-state index in [9.17, 15) is 0 Å². The molecule has 2 aromatic rings. The standard InChI is InChI=1S/C15H16N2Se/c1-16(13-9-5-3-6-10-13)15(18)17(2)14-11-7-4-8-12-14/h3-12H,1-2H3. The van der Waals surface area contributed by atoms with E-state index in [-0.39, 0.29) is 0 Å². The van der Waals surface area contributed by atoms with Crippen molar-refractivity contribution in [1.29, 1.82) is 0 Å². The number of nitrogens with zero attached hydrogens (tertiary/aromatic N) is 2. The second kappa shape index (κ2) is 5.85. The number of hydrogen-bond acceptors (Lipinski definition) is 2. The maximum absolute atomic E-state index is 3.14. The molecule has 0 bridgehead atoms. The van der Waals surface area contributed by atoms with Gasteiger partial charge in [0.25, 0.3) is 0 Å². The molecular weight excluding hydrogens is 287 g/mol. The first-order valence-electron chi connectivity index (χ1n) is 5.81. The molecule has 0 aliphatic carbocycles. The Morgan fingerprint density at radius 2 is 1.06 bits per heavy atom.